The number of nitrogens with zero attached hydrogens (tertiary/aromatic N) is 3. The zero-order valence-electron chi connectivity index (χ0n) is 11.3. The largest absolute Gasteiger partial charge is 0.383 e. The van der Waals surface area contributed by atoms with E-state index in [1.807, 2.05) is 31.3 Å². The van der Waals surface area contributed by atoms with E-state index in [9.17, 15) is 4.79 Å². The van der Waals surface area contributed by atoms with Gasteiger partial charge in [-0.15, -0.1) is 0 Å². The topological polar surface area (TPSA) is 76.2 Å². The van der Waals surface area contributed by atoms with Crippen LogP contribution in [0.5, 0.6) is 0 Å². The predicted molar refractivity (Wildman–Crippen MR) is 78.3 cm³/mol. The van der Waals surface area contributed by atoms with Crippen molar-refractivity contribution in [2.45, 2.75) is 0 Å². The molecule has 6 nitrogen and oxygen atoms in total. The number of benzene rings is 1. The van der Waals surface area contributed by atoms with Crippen molar-refractivity contribution in [3.63, 3.8) is 0 Å². The van der Waals surface area contributed by atoms with Crippen LogP contribution in [0.2, 0.25) is 0 Å². The third-order valence-electron chi connectivity index (χ3n) is 3.56. The summed E-state index contributed by atoms with van der Waals surface area (Å²) in [5.41, 5.74) is 8.98. The third kappa shape index (κ3) is 2.09. The molecular formula is C14H17N5O. The Balaban J connectivity index is 2.04. The highest BCUT2D eigenvalue weighted by Crippen LogP contribution is 2.34. The van der Waals surface area contributed by atoms with Gasteiger partial charge in [-0.25, -0.2) is 0 Å². The highest BCUT2D eigenvalue weighted by Gasteiger charge is 2.20. The SMILES string of the molecule is Cn1ncc(-c2ccccc2N2CCNC(=O)C2)c1N. The fraction of sp³-hybridized carbons (Fsp3) is 0.286. The van der Waals surface area contributed by atoms with Crippen molar-refractivity contribution in [2.75, 3.05) is 30.3 Å². The standard InChI is InChI=1S/C14H17N5O/c1-18-14(15)11(8-17-18)10-4-2-3-5-12(10)19-7-6-16-13(20)9-19/h2-5,8H,6-7,9,15H2,1H3,(H,16,20). The fourth-order valence-electron chi connectivity index (χ4n) is 2.48. The van der Waals surface area contributed by atoms with Crippen LogP contribution in [0.15, 0.2) is 30.5 Å². The quantitative estimate of drug-likeness (QED) is 0.839. The lowest BCUT2D eigenvalue weighted by atomic mass is 10.0. The van der Waals surface area contributed by atoms with Crippen molar-refractivity contribution in [3.05, 3.63) is 30.5 Å². The molecule has 0 bridgehead atoms. The van der Waals surface area contributed by atoms with Crippen LogP contribution in [-0.4, -0.2) is 35.3 Å². The average molecular weight is 271 g/mol. The summed E-state index contributed by atoms with van der Waals surface area (Å²) in [6.07, 6.45) is 1.76. The van der Waals surface area contributed by atoms with E-state index >= 15 is 0 Å². The van der Waals surface area contributed by atoms with Crippen molar-refractivity contribution >= 4 is 17.4 Å². The maximum atomic E-state index is 11.6. The maximum Gasteiger partial charge on any atom is 0.239 e. The molecule has 0 spiro atoms. The number of nitrogen functional groups attached to an aromatic ring is 1. The van der Waals surface area contributed by atoms with Crippen molar-refractivity contribution in [3.8, 4) is 11.1 Å². The molecule has 1 amide bonds. The van der Waals surface area contributed by atoms with Crippen LogP contribution in [0.1, 0.15) is 0 Å². The van der Waals surface area contributed by atoms with Crippen LogP contribution in [0, 0.1) is 0 Å². The van der Waals surface area contributed by atoms with E-state index in [0.717, 1.165) is 23.4 Å². The second kappa shape index (κ2) is 4.88. The first-order valence-electron chi connectivity index (χ1n) is 6.55. The Bertz CT molecular complexity index is 649. The van der Waals surface area contributed by atoms with E-state index in [0.29, 0.717) is 18.9 Å². The molecule has 3 N–H and O–H groups in total. The number of carbonyl (C=O) groups excluding carboxylic acids is 1. The molecule has 1 aromatic heterocycles. The van der Waals surface area contributed by atoms with Gasteiger partial charge in [-0.05, 0) is 6.07 Å². The van der Waals surface area contributed by atoms with Gasteiger partial charge in [-0.2, -0.15) is 5.10 Å². The summed E-state index contributed by atoms with van der Waals surface area (Å²) < 4.78 is 1.65. The highest BCUT2D eigenvalue weighted by molar-refractivity contribution is 5.88. The Morgan fingerprint density at radius 3 is 2.80 bits per heavy atom. The molecule has 104 valence electrons. The van der Waals surface area contributed by atoms with Gasteiger partial charge in [0, 0.05) is 37.0 Å². The second-order valence-corrected chi connectivity index (χ2v) is 4.86. The number of aromatic nitrogens is 2. The summed E-state index contributed by atoms with van der Waals surface area (Å²) in [4.78, 5) is 13.6. The Hall–Kier alpha value is -2.50. The minimum atomic E-state index is 0.0465. The Kier molecular flexibility index (Phi) is 3.06. The van der Waals surface area contributed by atoms with Crippen LogP contribution in [-0.2, 0) is 11.8 Å². The lowest BCUT2D eigenvalue weighted by Crippen LogP contribution is -2.47. The van der Waals surface area contributed by atoms with Crippen molar-refractivity contribution < 1.29 is 4.79 Å². The van der Waals surface area contributed by atoms with Crippen molar-refractivity contribution in [2.24, 2.45) is 7.05 Å². The van der Waals surface area contributed by atoms with E-state index in [2.05, 4.69) is 15.3 Å². The summed E-state index contributed by atoms with van der Waals surface area (Å²) >= 11 is 0. The van der Waals surface area contributed by atoms with Gasteiger partial charge in [-0.3, -0.25) is 9.48 Å². The summed E-state index contributed by atoms with van der Waals surface area (Å²) in [5, 5.41) is 7.02. The number of nitrogens with one attached hydrogen (secondary N) is 1. The molecule has 0 saturated carbocycles. The molecular weight excluding hydrogens is 254 g/mol. The Labute approximate surface area is 117 Å². The zero-order valence-corrected chi connectivity index (χ0v) is 11.3. The van der Waals surface area contributed by atoms with Crippen LogP contribution < -0.4 is 16.0 Å². The van der Waals surface area contributed by atoms with Crippen molar-refractivity contribution in [1.82, 2.24) is 15.1 Å². The molecule has 3 rings (SSSR count). The number of carbonyl (C=O) groups is 1. The zero-order chi connectivity index (χ0) is 14.1. The second-order valence-electron chi connectivity index (χ2n) is 4.86. The van der Waals surface area contributed by atoms with Crippen LogP contribution in [0.3, 0.4) is 0 Å². The number of aryl methyl sites for hydroxylation is 1. The normalized spacial score (nSPS) is 15.2. The van der Waals surface area contributed by atoms with Crippen LogP contribution >= 0.6 is 0 Å². The lowest BCUT2D eigenvalue weighted by molar-refractivity contribution is -0.120. The molecule has 6 heteroatoms. The number of anilines is 2. The molecule has 2 heterocycles. The summed E-state index contributed by atoms with van der Waals surface area (Å²) in [6.45, 7) is 1.83. The molecule has 0 aliphatic carbocycles. The lowest BCUT2D eigenvalue weighted by Gasteiger charge is -2.30. The number of amides is 1. The van der Waals surface area contributed by atoms with E-state index in [1.54, 1.807) is 10.9 Å². The molecule has 2 aromatic rings. The minimum absolute atomic E-state index is 0.0465. The van der Waals surface area contributed by atoms with Crippen LogP contribution in [0.4, 0.5) is 11.5 Å². The summed E-state index contributed by atoms with van der Waals surface area (Å²) in [7, 11) is 1.82. The van der Waals surface area contributed by atoms with E-state index in [1.165, 1.54) is 0 Å². The molecule has 1 aromatic carbocycles. The summed E-state index contributed by atoms with van der Waals surface area (Å²) in [6, 6.07) is 7.96. The van der Waals surface area contributed by atoms with Gasteiger partial charge in [0.15, 0.2) is 0 Å². The van der Waals surface area contributed by atoms with Gasteiger partial charge in [-0.1, -0.05) is 18.2 Å². The number of hydrogen-bond donors (Lipinski definition) is 2. The molecule has 1 saturated heterocycles. The maximum absolute atomic E-state index is 11.6. The molecule has 0 radical (unpaired) electrons. The Morgan fingerprint density at radius 1 is 1.30 bits per heavy atom. The van der Waals surface area contributed by atoms with Gasteiger partial charge in [0.25, 0.3) is 0 Å². The number of nitrogens with two attached hydrogens (primary N) is 1. The molecule has 1 aliphatic heterocycles. The third-order valence-corrected chi connectivity index (χ3v) is 3.56. The summed E-state index contributed by atoms with van der Waals surface area (Å²) in [5.74, 6) is 0.670. The molecule has 1 fully saturated rings. The number of hydrogen-bond acceptors (Lipinski definition) is 4. The molecule has 0 unspecified atom stereocenters. The smallest absolute Gasteiger partial charge is 0.239 e. The van der Waals surface area contributed by atoms with Gasteiger partial charge in [0.1, 0.15) is 5.82 Å². The number of rotatable bonds is 2. The van der Waals surface area contributed by atoms with Gasteiger partial charge < -0.3 is 16.0 Å². The molecule has 0 atom stereocenters. The van der Waals surface area contributed by atoms with Crippen LogP contribution in [0.25, 0.3) is 11.1 Å². The van der Waals surface area contributed by atoms with E-state index < -0.39 is 0 Å². The molecule has 1 aliphatic rings. The monoisotopic (exact) mass is 271 g/mol. The highest BCUT2D eigenvalue weighted by atomic mass is 16.2. The minimum Gasteiger partial charge on any atom is -0.383 e. The van der Waals surface area contributed by atoms with Gasteiger partial charge >= 0.3 is 0 Å². The first kappa shape index (κ1) is 12.5. The van der Waals surface area contributed by atoms with Gasteiger partial charge in [0.05, 0.1) is 12.7 Å². The average Bonchev–Trinajstić information content (AvgIpc) is 2.79. The Morgan fingerprint density at radius 2 is 2.10 bits per heavy atom. The number of piperazine rings is 1. The molecule has 20 heavy (non-hydrogen) atoms. The fourth-order valence-corrected chi connectivity index (χ4v) is 2.48. The van der Waals surface area contributed by atoms with E-state index in [4.69, 9.17) is 5.73 Å². The van der Waals surface area contributed by atoms with E-state index in [-0.39, 0.29) is 5.91 Å². The first-order chi connectivity index (χ1) is 9.66. The van der Waals surface area contributed by atoms with Gasteiger partial charge in [0.2, 0.25) is 5.91 Å². The number of para-hydroxylation sites is 1. The first-order valence-corrected chi connectivity index (χ1v) is 6.55. The predicted octanol–water partition coefficient (Wildman–Crippen LogP) is 0.605. The van der Waals surface area contributed by atoms with Crippen molar-refractivity contribution in [1.29, 1.82) is 0 Å².